The summed E-state index contributed by atoms with van der Waals surface area (Å²) in [4.78, 5) is 25.3. The summed E-state index contributed by atoms with van der Waals surface area (Å²) in [5, 5.41) is 0.580. The summed E-state index contributed by atoms with van der Waals surface area (Å²) in [6.07, 6.45) is -1.43. The average Bonchev–Trinajstić information content (AvgIpc) is 2.65. The minimum Gasteiger partial charge on any atom is -0.446 e. The fourth-order valence-electron chi connectivity index (χ4n) is 2.14. The van der Waals surface area contributed by atoms with Crippen molar-refractivity contribution in [3.8, 4) is 0 Å². The van der Waals surface area contributed by atoms with Crippen molar-refractivity contribution in [2.24, 2.45) is 0 Å². The third-order valence-corrected chi connectivity index (χ3v) is 3.45. The van der Waals surface area contributed by atoms with E-state index in [9.17, 15) is 9.59 Å². The number of carbonyl (C=O) groups is 2. The molecular weight excluding hydrogens is 294 g/mol. The number of rotatable bonds is 1. The molecule has 0 aliphatic carbocycles. The molecule has 1 aliphatic heterocycles. The van der Waals surface area contributed by atoms with Crippen molar-refractivity contribution in [3.63, 3.8) is 0 Å². The van der Waals surface area contributed by atoms with E-state index in [0.717, 1.165) is 10.5 Å². The van der Waals surface area contributed by atoms with Crippen LogP contribution in [0.25, 0.3) is 0 Å². The van der Waals surface area contributed by atoms with E-state index in [1.807, 2.05) is 0 Å². The second-order valence-corrected chi connectivity index (χ2v) is 6.59. The Kier molecular flexibility index (Phi) is 3.89. The number of hydrogen-bond donors (Lipinski definition) is 0. The summed E-state index contributed by atoms with van der Waals surface area (Å²) in [5.74, 6) is 0. The number of ether oxygens (including phenoxy) is 2. The summed E-state index contributed by atoms with van der Waals surface area (Å²) >= 11 is 5.88. The Morgan fingerprint density at radius 1 is 1.33 bits per heavy atom. The molecule has 0 spiro atoms. The van der Waals surface area contributed by atoms with Gasteiger partial charge in [0.25, 0.3) is 0 Å². The van der Waals surface area contributed by atoms with Gasteiger partial charge in [0.05, 0.1) is 0 Å². The van der Waals surface area contributed by atoms with E-state index in [1.54, 1.807) is 52.0 Å². The number of amides is 2. The van der Waals surface area contributed by atoms with Gasteiger partial charge < -0.3 is 9.47 Å². The van der Waals surface area contributed by atoms with Gasteiger partial charge in [-0.3, -0.25) is 0 Å². The molecule has 6 heteroatoms. The first-order chi connectivity index (χ1) is 9.63. The number of halogens is 1. The number of cyclic esters (lactones) is 1. The molecule has 1 heterocycles. The van der Waals surface area contributed by atoms with E-state index in [0.29, 0.717) is 5.02 Å². The van der Waals surface area contributed by atoms with Crippen LogP contribution >= 0.6 is 11.6 Å². The van der Waals surface area contributed by atoms with Gasteiger partial charge in [-0.25, -0.2) is 9.59 Å². The molecule has 2 amide bonds. The van der Waals surface area contributed by atoms with Crippen LogP contribution in [0.15, 0.2) is 24.3 Å². The Morgan fingerprint density at radius 3 is 2.43 bits per heavy atom. The monoisotopic (exact) mass is 311 g/mol. The maximum Gasteiger partial charge on any atom is 0.420 e. The number of hydrogen-bond acceptors (Lipinski definition) is 4. The largest absolute Gasteiger partial charge is 0.446 e. The molecule has 5 nitrogen and oxygen atoms in total. The van der Waals surface area contributed by atoms with Crippen molar-refractivity contribution in [2.75, 3.05) is 6.61 Å². The van der Waals surface area contributed by atoms with Gasteiger partial charge in [-0.1, -0.05) is 23.7 Å². The predicted octanol–water partition coefficient (Wildman–Crippen LogP) is 3.94. The molecule has 0 aromatic heterocycles. The van der Waals surface area contributed by atoms with Crippen LogP contribution in [-0.4, -0.2) is 29.3 Å². The van der Waals surface area contributed by atoms with Gasteiger partial charge in [0.1, 0.15) is 17.7 Å². The van der Waals surface area contributed by atoms with Crippen LogP contribution in [-0.2, 0) is 15.0 Å². The molecule has 1 saturated heterocycles. The minimum absolute atomic E-state index is 0.0761. The molecule has 0 saturated carbocycles. The normalized spacial score (nSPS) is 22.1. The number of benzene rings is 1. The molecule has 1 atom stereocenters. The fourth-order valence-corrected chi connectivity index (χ4v) is 2.26. The van der Waals surface area contributed by atoms with Crippen molar-refractivity contribution in [3.05, 3.63) is 34.9 Å². The lowest BCUT2D eigenvalue weighted by molar-refractivity contribution is 0.0201. The maximum absolute atomic E-state index is 12.3. The smallest absolute Gasteiger partial charge is 0.420 e. The molecule has 1 aliphatic rings. The lowest BCUT2D eigenvalue weighted by Crippen LogP contribution is -2.48. The highest BCUT2D eigenvalue weighted by molar-refractivity contribution is 6.30. The van der Waals surface area contributed by atoms with E-state index < -0.39 is 23.3 Å². The predicted molar refractivity (Wildman–Crippen MR) is 78.2 cm³/mol. The van der Waals surface area contributed by atoms with Crippen molar-refractivity contribution < 1.29 is 19.1 Å². The highest BCUT2D eigenvalue weighted by atomic mass is 35.5. The molecule has 114 valence electrons. The standard InChI is InChI=1S/C15H18ClNO4/c1-14(2,3)21-13(19)17-12(18)20-9-15(17,4)10-5-7-11(16)8-6-10/h5-8H,9H2,1-4H3/t15-/m0/s1. The van der Waals surface area contributed by atoms with Gasteiger partial charge in [0.2, 0.25) is 0 Å². The van der Waals surface area contributed by atoms with Crippen LogP contribution in [0.3, 0.4) is 0 Å². The Hall–Kier alpha value is -1.75. The van der Waals surface area contributed by atoms with Crippen LogP contribution in [0.4, 0.5) is 9.59 Å². The van der Waals surface area contributed by atoms with Crippen molar-refractivity contribution >= 4 is 23.8 Å². The number of carbonyl (C=O) groups excluding carboxylic acids is 2. The Labute approximate surface area is 128 Å². The zero-order chi connectivity index (χ0) is 15.8. The van der Waals surface area contributed by atoms with Crippen LogP contribution in [0.5, 0.6) is 0 Å². The van der Waals surface area contributed by atoms with E-state index in [2.05, 4.69) is 0 Å². The van der Waals surface area contributed by atoms with E-state index >= 15 is 0 Å². The van der Waals surface area contributed by atoms with E-state index in [-0.39, 0.29) is 6.61 Å². The molecular formula is C15H18ClNO4. The van der Waals surface area contributed by atoms with E-state index in [4.69, 9.17) is 21.1 Å². The first-order valence-electron chi connectivity index (χ1n) is 6.59. The van der Waals surface area contributed by atoms with Crippen LogP contribution in [0.1, 0.15) is 33.3 Å². The number of imide groups is 1. The molecule has 21 heavy (non-hydrogen) atoms. The maximum atomic E-state index is 12.3. The molecule has 0 N–H and O–H groups in total. The number of nitrogens with zero attached hydrogens (tertiary/aromatic N) is 1. The van der Waals surface area contributed by atoms with Crippen LogP contribution in [0.2, 0.25) is 5.02 Å². The summed E-state index contributed by atoms with van der Waals surface area (Å²) in [7, 11) is 0. The highest BCUT2D eigenvalue weighted by Crippen LogP contribution is 2.36. The molecule has 1 fully saturated rings. The molecule has 0 unspecified atom stereocenters. The summed E-state index contributed by atoms with van der Waals surface area (Å²) < 4.78 is 10.3. The molecule has 0 radical (unpaired) electrons. The summed E-state index contributed by atoms with van der Waals surface area (Å²) in [5.41, 5.74) is -0.853. The zero-order valence-electron chi connectivity index (χ0n) is 12.5. The van der Waals surface area contributed by atoms with Crippen LogP contribution in [0, 0.1) is 0 Å². The van der Waals surface area contributed by atoms with Gasteiger partial charge in [0, 0.05) is 5.02 Å². The first-order valence-corrected chi connectivity index (χ1v) is 6.97. The van der Waals surface area contributed by atoms with Crippen molar-refractivity contribution in [1.82, 2.24) is 4.90 Å². The summed E-state index contributed by atoms with van der Waals surface area (Å²) in [6.45, 7) is 7.06. The SMILES string of the molecule is CC(C)(C)OC(=O)N1C(=O)OC[C@@]1(C)c1ccc(Cl)cc1. The van der Waals surface area contributed by atoms with Gasteiger partial charge >= 0.3 is 12.2 Å². The molecule has 1 aromatic carbocycles. The lowest BCUT2D eigenvalue weighted by Gasteiger charge is -2.32. The van der Waals surface area contributed by atoms with Crippen molar-refractivity contribution in [2.45, 2.75) is 38.8 Å². The average molecular weight is 312 g/mol. The first kappa shape index (κ1) is 15.6. The van der Waals surface area contributed by atoms with Crippen molar-refractivity contribution in [1.29, 1.82) is 0 Å². The Morgan fingerprint density at radius 2 is 1.90 bits per heavy atom. The topological polar surface area (TPSA) is 55.8 Å². The molecule has 0 bridgehead atoms. The fraction of sp³-hybridized carbons (Fsp3) is 0.467. The van der Waals surface area contributed by atoms with Gasteiger partial charge in [-0.05, 0) is 45.4 Å². The lowest BCUT2D eigenvalue weighted by atomic mass is 9.92. The molecule has 1 aromatic rings. The highest BCUT2D eigenvalue weighted by Gasteiger charge is 2.50. The van der Waals surface area contributed by atoms with Crippen LogP contribution < -0.4 is 0 Å². The Bertz CT molecular complexity index is 564. The second kappa shape index (κ2) is 5.22. The minimum atomic E-state index is -0.913. The molecule has 2 rings (SSSR count). The van der Waals surface area contributed by atoms with Gasteiger partial charge in [0.15, 0.2) is 0 Å². The Balaban J connectivity index is 2.35. The quantitative estimate of drug-likeness (QED) is 0.788. The second-order valence-electron chi connectivity index (χ2n) is 6.15. The summed E-state index contributed by atoms with van der Waals surface area (Å²) in [6, 6.07) is 6.94. The van der Waals surface area contributed by atoms with Gasteiger partial charge in [-0.2, -0.15) is 4.90 Å². The third-order valence-electron chi connectivity index (χ3n) is 3.19. The van der Waals surface area contributed by atoms with Gasteiger partial charge in [-0.15, -0.1) is 0 Å². The third kappa shape index (κ3) is 3.13. The van der Waals surface area contributed by atoms with E-state index in [1.165, 1.54) is 0 Å². The zero-order valence-corrected chi connectivity index (χ0v) is 13.2.